The highest BCUT2D eigenvalue weighted by Crippen LogP contribution is 2.20. The minimum absolute atomic E-state index is 0.211. The van der Waals surface area contributed by atoms with E-state index in [2.05, 4.69) is 33.0 Å². The lowest BCUT2D eigenvalue weighted by Crippen LogP contribution is -2.29. The fraction of sp³-hybridized carbons (Fsp3) is 0.625. The van der Waals surface area contributed by atoms with Crippen LogP contribution in [0.2, 0.25) is 0 Å². The van der Waals surface area contributed by atoms with Crippen LogP contribution in [0.15, 0.2) is 18.2 Å². The van der Waals surface area contributed by atoms with Crippen molar-refractivity contribution < 1.29 is 9.13 Å². The summed E-state index contributed by atoms with van der Waals surface area (Å²) >= 11 is 0. The van der Waals surface area contributed by atoms with Gasteiger partial charge in [0.25, 0.3) is 0 Å². The Kier molecular flexibility index (Phi) is 6.29. The molecule has 0 amide bonds. The van der Waals surface area contributed by atoms with Crippen molar-refractivity contribution in [2.75, 3.05) is 13.7 Å². The lowest BCUT2D eigenvalue weighted by atomic mass is 9.85. The molecule has 0 aliphatic rings. The molecule has 1 aromatic rings. The predicted octanol–water partition coefficient (Wildman–Crippen LogP) is 3.85. The fourth-order valence-corrected chi connectivity index (χ4v) is 2.41. The molecule has 0 saturated heterocycles. The lowest BCUT2D eigenvalue weighted by Gasteiger charge is -2.25. The number of hydrogen-bond donors (Lipinski definition) is 1. The van der Waals surface area contributed by atoms with Crippen LogP contribution in [0.4, 0.5) is 4.39 Å². The maximum absolute atomic E-state index is 13.8. The summed E-state index contributed by atoms with van der Waals surface area (Å²) in [7, 11) is 1.54. The quantitative estimate of drug-likeness (QED) is 0.810. The molecule has 0 bridgehead atoms. The third-order valence-electron chi connectivity index (χ3n) is 3.67. The van der Waals surface area contributed by atoms with Crippen LogP contribution in [0, 0.1) is 23.6 Å². The standard InChI is InChI=1S/C16H26FNO/c1-11(2)15(12(3)4)10-18-9-13-6-7-14(19-5)8-16(13)17/h6-8,11-12,15,18H,9-10H2,1-5H3. The Balaban J connectivity index is 2.53. The second-order valence-electron chi connectivity index (χ2n) is 5.74. The molecule has 1 rings (SSSR count). The summed E-state index contributed by atoms with van der Waals surface area (Å²) in [6.45, 7) is 10.4. The molecule has 0 aromatic heterocycles. The third-order valence-corrected chi connectivity index (χ3v) is 3.67. The summed E-state index contributed by atoms with van der Waals surface area (Å²) in [4.78, 5) is 0. The van der Waals surface area contributed by atoms with Crippen molar-refractivity contribution in [1.82, 2.24) is 5.32 Å². The Morgan fingerprint density at radius 2 is 1.79 bits per heavy atom. The summed E-state index contributed by atoms with van der Waals surface area (Å²) in [5.41, 5.74) is 0.687. The van der Waals surface area contributed by atoms with E-state index in [4.69, 9.17) is 4.74 Å². The predicted molar refractivity (Wildman–Crippen MR) is 77.8 cm³/mol. The van der Waals surface area contributed by atoms with Gasteiger partial charge in [0.2, 0.25) is 0 Å². The highest BCUT2D eigenvalue weighted by molar-refractivity contribution is 5.28. The number of nitrogens with one attached hydrogen (secondary N) is 1. The van der Waals surface area contributed by atoms with Crippen LogP contribution in [0.3, 0.4) is 0 Å². The van der Waals surface area contributed by atoms with E-state index in [1.165, 1.54) is 6.07 Å². The van der Waals surface area contributed by atoms with E-state index < -0.39 is 0 Å². The topological polar surface area (TPSA) is 21.3 Å². The van der Waals surface area contributed by atoms with E-state index in [1.807, 2.05) is 0 Å². The zero-order chi connectivity index (χ0) is 14.4. The summed E-state index contributed by atoms with van der Waals surface area (Å²) in [5, 5.41) is 3.36. The average molecular weight is 267 g/mol. The highest BCUT2D eigenvalue weighted by Gasteiger charge is 2.16. The van der Waals surface area contributed by atoms with Crippen molar-refractivity contribution in [2.24, 2.45) is 17.8 Å². The highest BCUT2D eigenvalue weighted by atomic mass is 19.1. The first-order valence-electron chi connectivity index (χ1n) is 6.98. The second-order valence-corrected chi connectivity index (χ2v) is 5.74. The van der Waals surface area contributed by atoms with Gasteiger partial charge >= 0.3 is 0 Å². The summed E-state index contributed by atoms with van der Waals surface area (Å²) in [5.74, 6) is 2.23. The lowest BCUT2D eigenvalue weighted by molar-refractivity contribution is 0.275. The van der Waals surface area contributed by atoms with E-state index in [0.717, 1.165) is 6.54 Å². The summed E-state index contributed by atoms with van der Waals surface area (Å²) < 4.78 is 18.8. The zero-order valence-corrected chi connectivity index (χ0v) is 12.7. The normalized spacial score (nSPS) is 11.6. The first-order chi connectivity index (χ1) is 8.95. The molecule has 0 radical (unpaired) electrons. The Hall–Kier alpha value is -1.09. The van der Waals surface area contributed by atoms with Gasteiger partial charge in [-0.2, -0.15) is 0 Å². The van der Waals surface area contributed by atoms with Crippen molar-refractivity contribution in [1.29, 1.82) is 0 Å². The SMILES string of the molecule is COc1ccc(CNCC(C(C)C)C(C)C)c(F)c1. The van der Waals surface area contributed by atoms with Crippen molar-refractivity contribution in [2.45, 2.75) is 34.2 Å². The van der Waals surface area contributed by atoms with Gasteiger partial charge in [-0.1, -0.05) is 33.8 Å². The van der Waals surface area contributed by atoms with Crippen LogP contribution in [0.5, 0.6) is 5.75 Å². The molecule has 0 unspecified atom stereocenters. The molecule has 0 aliphatic heterocycles. The van der Waals surface area contributed by atoms with Gasteiger partial charge in [0.1, 0.15) is 11.6 Å². The molecule has 2 nitrogen and oxygen atoms in total. The zero-order valence-electron chi connectivity index (χ0n) is 12.7. The van der Waals surface area contributed by atoms with Crippen LogP contribution < -0.4 is 10.1 Å². The van der Waals surface area contributed by atoms with Gasteiger partial charge in [0.15, 0.2) is 0 Å². The molecule has 3 heteroatoms. The molecule has 1 aromatic carbocycles. The average Bonchev–Trinajstić information content (AvgIpc) is 2.35. The van der Waals surface area contributed by atoms with Crippen LogP contribution in [0.25, 0.3) is 0 Å². The molecule has 0 aliphatic carbocycles. The molecule has 0 spiro atoms. The van der Waals surface area contributed by atoms with Crippen LogP contribution in [0.1, 0.15) is 33.3 Å². The van der Waals surface area contributed by atoms with Gasteiger partial charge in [-0.15, -0.1) is 0 Å². The van der Waals surface area contributed by atoms with Crippen molar-refractivity contribution in [3.8, 4) is 5.75 Å². The minimum Gasteiger partial charge on any atom is -0.497 e. The Labute approximate surface area is 116 Å². The Morgan fingerprint density at radius 3 is 2.26 bits per heavy atom. The molecule has 0 saturated carbocycles. The molecular weight excluding hydrogens is 241 g/mol. The summed E-state index contributed by atoms with van der Waals surface area (Å²) in [6.07, 6.45) is 0. The maximum atomic E-state index is 13.8. The fourth-order valence-electron chi connectivity index (χ4n) is 2.41. The van der Waals surface area contributed by atoms with Gasteiger partial charge in [0, 0.05) is 18.2 Å². The van der Waals surface area contributed by atoms with Gasteiger partial charge in [0.05, 0.1) is 7.11 Å². The number of halogens is 1. The van der Waals surface area contributed by atoms with E-state index in [9.17, 15) is 4.39 Å². The van der Waals surface area contributed by atoms with Crippen molar-refractivity contribution in [3.63, 3.8) is 0 Å². The molecular formula is C16H26FNO. The minimum atomic E-state index is -0.211. The number of hydrogen-bond acceptors (Lipinski definition) is 2. The van der Waals surface area contributed by atoms with E-state index in [1.54, 1.807) is 19.2 Å². The molecule has 0 heterocycles. The number of ether oxygens (including phenoxy) is 1. The van der Waals surface area contributed by atoms with Gasteiger partial charge in [-0.3, -0.25) is 0 Å². The van der Waals surface area contributed by atoms with Crippen LogP contribution in [-0.4, -0.2) is 13.7 Å². The van der Waals surface area contributed by atoms with E-state index >= 15 is 0 Å². The van der Waals surface area contributed by atoms with Crippen LogP contribution >= 0.6 is 0 Å². The smallest absolute Gasteiger partial charge is 0.131 e. The van der Waals surface area contributed by atoms with Crippen molar-refractivity contribution >= 4 is 0 Å². The van der Waals surface area contributed by atoms with Gasteiger partial charge in [-0.25, -0.2) is 4.39 Å². The second kappa shape index (κ2) is 7.49. The monoisotopic (exact) mass is 267 g/mol. The molecule has 1 N–H and O–H groups in total. The van der Waals surface area contributed by atoms with Gasteiger partial charge < -0.3 is 10.1 Å². The molecule has 19 heavy (non-hydrogen) atoms. The first kappa shape index (κ1) is 16.0. The largest absolute Gasteiger partial charge is 0.497 e. The van der Waals surface area contributed by atoms with Gasteiger partial charge in [-0.05, 0) is 30.4 Å². The molecule has 0 atom stereocenters. The first-order valence-corrected chi connectivity index (χ1v) is 6.98. The number of benzene rings is 1. The Bertz CT molecular complexity index is 382. The van der Waals surface area contributed by atoms with Crippen molar-refractivity contribution in [3.05, 3.63) is 29.6 Å². The molecule has 108 valence electrons. The third kappa shape index (κ3) is 4.83. The van der Waals surface area contributed by atoms with E-state index in [0.29, 0.717) is 35.6 Å². The van der Waals surface area contributed by atoms with E-state index in [-0.39, 0.29) is 5.82 Å². The number of methoxy groups -OCH3 is 1. The maximum Gasteiger partial charge on any atom is 0.131 e. The van der Waals surface area contributed by atoms with Crippen LogP contribution in [-0.2, 0) is 6.54 Å². The molecule has 0 fully saturated rings. The Morgan fingerprint density at radius 1 is 1.16 bits per heavy atom. The summed E-state index contributed by atoms with van der Waals surface area (Å²) in [6, 6.07) is 5.00. The number of rotatable bonds is 7.